The molecular formula is C9H17F2N. The van der Waals surface area contributed by atoms with E-state index in [1.54, 1.807) is 0 Å². The Morgan fingerprint density at radius 2 is 1.83 bits per heavy atom. The zero-order chi connectivity index (χ0) is 9.41. The first-order chi connectivity index (χ1) is 5.29. The molecule has 0 heterocycles. The number of hydrogen-bond donors (Lipinski definition) is 1. The van der Waals surface area contributed by atoms with Crippen LogP contribution in [0.4, 0.5) is 8.78 Å². The van der Waals surface area contributed by atoms with Gasteiger partial charge in [-0.15, -0.1) is 0 Å². The highest BCUT2D eigenvalue weighted by Crippen LogP contribution is 2.37. The first-order valence-corrected chi connectivity index (χ1v) is 4.40. The lowest BCUT2D eigenvalue weighted by molar-refractivity contribution is -0.0937. The smallest absolute Gasteiger partial charge is 0.251 e. The lowest BCUT2D eigenvalue weighted by Gasteiger charge is -2.37. The van der Waals surface area contributed by atoms with Crippen molar-refractivity contribution < 1.29 is 8.78 Å². The second-order valence-corrected chi connectivity index (χ2v) is 4.90. The second-order valence-electron chi connectivity index (χ2n) is 4.90. The maximum Gasteiger partial charge on any atom is 0.251 e. The van der Waals surface area contributed by atoms with Crippen LogP contribution in [0.3, 0.4) is 0 Å². The van der Waals surface area contributed by atoms with E-state index < -0.39 is 5.92 Å². The SMILES string of the molecule is CC(C)(C)CNC1CC(F)(F)C1. The Labute approximate surface area is 72.5 Å². The van der Waals surface area contributed by atoms with E-state index in [2.05, 4.69) is 26.1 Å². The van der Waals surface area contributed by atoms with Crippen molar-refractivity contribution >= 4 is 0 Å². The minimum absolute atomic E-state index is 0.0169. The Bertz CT molecular complexity index is 152. The first-order valence-electron chi connectivity index (χ1n) is 4.40. The molecule has 1 N–H and O–H groups in total. The fourth-order valence-corrected chi connectivity index (χ4v) is 1.26. The standard InChI is InChI=1S/C9H17F2N/c1-8(2,3)6-12-7-4-9(10,11)5-7/h7,12H,4-6H2,1-3H3. The fourth-order valence-electron chi connectivity index (χ4n) is 1.26. The minimum atomic E-state index is -2.39. The van der Waals surface area contributed by atoms with Crippen LogP contribution in [0.15, 0.2) is 0 Å². The molecule has 1 nitrogen and oxygen atoms in total. The molecule has 0 aromatic carbocycles. The summed E-state index contributed by atoms with van der Waals surface area (Å²) in [4.78, 5) is 0. The van der Waals surface area contributed by atoms with Crippen LogP contribution >= 0.6 is 0 Å². The van der Waals surface area contributed by atoms with Gasteiger partial charge in [0.1, 0.15) is 0 Å². The quantitative estimate of drug-likeness (QED) is 0.683. The molecule has 1 aliphatic carbocycles. The average molecular weight is 177 g/mol. The third kappa shape index (κ3) is 3.05. The molecule has 1 saturated carbocycles. The first kappa shape index (κ1) is 9.90. The van der Waals surface area contributed by atoms with E-state index in [1.807, 2.05) is 0 Å². The molecule has 1 rings (SSSR count). The number of alkyl halides is 2. The van der Waals surface area contributed by atoms with E-state index in [0.29, 0.717) is 0 Å². The third-order valence-electron chi connectivity index (χ3n) is 2.01. The van der Waals surface area contributed by atoms with Crippen LogP contribution in [0.25, 0.3) is 0 Å². The highest BCUT2D eigenvalue weighted by molar-refractivity contribution is 4.91. The Kier molecular flexibility index (Phi) is 2.43. The van der Waals surface area contributed by atoms with Crippen molar-refractivity contribution in [3.05, 3.63) is 0 Å². The summed E-state index contributed by atoms with van der Waals surface area (Å²) in [5.74, 6) is -2.39. The Balaban J connectivity index is 2.12. The van der Waals surface area contributed by atoms with E-state index >= 15 is 0 Å². The van der Waals surface area contributed by atoms with Gasteiger partial charge in [0.05, 0.1) is 0 Å². The Hall–Kier alpha value is -0.180. The summed E-state index contributed by atoms with van der Waals surface area (Å²) in [7, 11) is 0. The third-order valence-corrected chi connectivity index (χ3v) is 2.01. The highest BCUT2D eigenvalue weighted by atomic mass is 19.3. The molecule has 3 heteroatoms. The molecule has 0 atom stereocenters. The van der Waals surface area contributed by atoms with Crippen LogP contribution in [-0.4, -0.2) is 18.5 Å². The van der Waals surface area contributed by atoms with Gasteiger partial charge in [-0.2, -0.15) is 0 Å². The predicted octanol–water partition coefficient (Wildman–Crippen LogP) is 2.42. The van der Waals surface area contributed by atoms with Crippen molar-refractivity contribution in [3.8, 4) is 0 Å². The zero-order valence-corrected chi connectivity index (χ0v) is 7.95. The Morgan fingerprint density at radius 1 is 1.33 bits per heavy atom. The summed E-state index contributed by atoms with van der Waals surface area (Å²) in [6, 6.07) is 0.0409. The molecule has 1 aliphatic rings. The van der Waals surface area contributed by atoms with Crippen molar-refractivity contribution in [1.82, 2.24) is 5.32 Å². The van der Waals surface area contributed by atoms with Gasteiger partial charge in [-0.1, -0.05) is 20.8 Å². The average Bonchev–Trinajstić information content (AvgIpc) is 1.76. The molecule has 0 aromatic rings. The van der Waals surface area contributed by atoms with Crippen LogP contribution in [-0.2, 0) is 0 Å². The van der Waals surface area contributed by atoms with Crippen molar-refractivity contribution in [2.45, 2.75) is 45.6 Å². The normalized spacial score (nSPS) is 23.8. The van der Waals surface area contributed by atoms with Gasteiger partial charge in [-0.05, 0) is 5.41 Å². The van der Waals surface area contributed by atoms with E-state index in [0.717, 1.165) is 6.54 Å². The fraction of sp³-hybridized carbons (Fsp3) is 1.00. The van der Waals surface area contributed by atoms with Crippen molar-refractivity contribution in [2.75, 3.05) is 6.54 Å². The second kappa shape index (κ2) is 2.95. The molecule has 0 aliphatic heterocycles. The number of halogens is 2. The van der Waals surface area contributed by atoms with Crippen LogP contribution in [0.2, 0.25) is 0 Å². The van der Waals surface area contributed by atoms with Gasteiger partial charge in [0, 0.05) is 25.4 Å². The van der Waals surface area contributed by atoms with Gasteiger partial charge in [0.25, 0.3) is 5.92 Å². The monoisotopic (exact) mass is 177 g/mol. The molecule has 72 valence electrons. The molecule has 1 fully saturated rings. The van der Waals surface area contributed by atoms with E-state index in [4.69, 9.17) is 0 Å². The van der Waals surface area contributed by atoms with Crippen LogP contribution in [0.5, 0.6) is 0 Å². The summed E-state index contributed by atoms with van der Waals surface area (Å²) in [6.07, 6.45) is 0.0339. The summed E-state index contributed by atoms with van der Waals surface area (Å²) < 4.78 is 24.7. The van der Waals surface area contributed by atoms with Crippen molar-refractivity contribution in [3.63, 3.8) is 0 Å². The van der Waals surface area contributed by atoms with Crippen molar-refractivity contribution in [2.24, 2.45) is 5.41 Å². The molecule has 0 unspecified atom stereocenters. The van der Waals surface area contributed by atoms with Gasteiger partial charge in [-0.3, -0.25) is 0 Å². The molecule has 0 amide bonds. The van der Waals surface area contributed by atoms with Crippen LogP contribution in [0.1, 0.15) is 33.6 Å². The molecule has 0 saturated heterocycles. The number of nitrogens with one attached hydrogen (secondary N) is 1. The lowest BCUT2D eigenvalue weighted by atomic mass is 9.87. The largest absolute Gasteiger partial charge is 0.313 e. The number of hydrogen-bond acceptors (Lipinski definition) is 1. The summed E-state index contributed by atoms with van der Waals surface area (Å²) in [6.45, 7) is 7.10. The maximum absolute atomic E-state index is 12.4. The number of rotatable bonds is 2. The molecule has 0 bridgehead atoms. The topological polar surface area (TPSA) is 12.0 Å². The molecule has 0 radical (unpaired) electrons. The van der Waals surface area contributed by atoms with E-state index in [1.165, 1.54) is 0 Å². The molecule has 0 spiro atoms. The van der Waals surface area contributed by atoms with Gasteiger partial charge < -0.3 is 5.32 Å². The summed E-state index contributed by atoms with van der Waals surface area (Å²) >= 11 is 0. The maximum atomic E-state index is 12.4. The van der Waals surface area contributed by atoms with Crippen LogP contribution in [0, 0.1) is 5.41 Å². The van der Waals surface area contributed by atoms with Gasteiger partial charge in [0.2, 0.25) is 0 Å². The van der Waals surface area contributed by atoms with E-state index in [9.17, 15) is 8.78 Å². The van der Waals surface area contributed by atoms with E-state index in [-0.39, 0.29) is 24.3 Å². The van der Waals surface area contributed by atoms with Gasteiger partial charge in [0.15, 0.2) is 0 Å². The summed E-state index contributed by atoms with van der Waals surface area (Å²) in [5.41, 5.74) is 0.185. The van der Waals surface area contributed by atoms with Gasteiger partial charge >= 0.3 is 0 Å². The minimum Gasteiger partial charge on any atom is -0.313 e. The van der Waals surface area contributed by atoms with Gasteiger partial charge in [-0.25, -0.2) is 8.78 Å². The lowest BCUT2D eigenvalue weighted by Crippen LogP contribution is -2.50. The molecule has 12 heavy (non-hydrogen) atoms. The summed E-state index contributed by atoms with van der Waals surface area (Å²) in [5, 5.41) is 3.13. The zero-order valence-electron chi connectivity index (χ0n) is 7.95. The highest BCUT2D eigenvalue weighted by Gasteiger charge is 2.45. The molecular weight excluding hydrogens is 160 g/mol. The molecule has 0 aromatic heterocycles. The predicted molar refractivity (Wildman–Crippen MR) is 45.4 cm³/mol. The van der Waals surface area contributed by atoms with Crippen molar-refractivity contribution in [1.29, 1.82) is 0 Å². The van der Waals surface area contributed by atoms with Crippen LogP contribution < -0.4 is 5.32 Å². The Morgan fingerprint density at radius 3 is 2.17 bits per heavy atom.